The molecule has 0 radical (unpaired) electrons. The van der Waals surface area contributed by atoms with E-state index in [9.17, 15) is 0 Å². The van der Waals surface area contributed by atoms with Gasteiger partial charge in [-0.1, -0.05) is 12.1 Å². The molecule has 0 saturated heterocycles. The molecular weight excluding hydrogens is 238 g/mol. The highest BCUT2D eigenvalue weighted by Crippen LogP contribution is 2.24. The molecule has 0 aliphatic heterocycles. The monoisotopic (exact) mass is 253 g/mol. The van der Waals surface area contributed by atoms with Crippen LogP contribution in [0.1, 0.15) is 16.7 Å². The largest absolute Gasteiger partial charge is 0.497 e. The second-order valence-corrected chi connectivity index (χ2v) is 4.21. The molecule has 19 heavy (non-hydrogen) atoms. The number of methoxy groups -OCH3 is 2. The Morgan fingerprint density at radius 1 is 0.895 bits per heavy atom. The van der Waals surface area contributed by atoms with Crippen molar-refractivity contribution in [3.8, 4) is 17.6 Å². The van der Waals surface area contributed by atoms with Crippen molar-refractivity contribution in [2.45, 2.75) is 6.42 Å². The predicted molar refractivity (Wildman–Crippen MR) is 73.5 cm³/mol. The van der Waals surface area contributed by atoms with Crippen molar-refractivity contribution in [3.05, 3.63) is 59.2 Å². The fraction of sp³-hybridized carbons (Fsp3) is 0.188. The SMILES string of the molecule is COc1cc(Cc2ccc(C#N)cc2)cc(OC)c1. The minimum absolute atomic E-state index is 0.673. The average molecular weight is 253 g/mol. The van der Waals surface area contributed by atoms with Gasteiger partial charge in [0, 0.05) is 6.07 Å². The highest BCUT2D eigenvalue weighted by molar-refractivity contribution is 5.41. The van der Waals surface area contributed by atoms with Crippen LogP contribution in [0.25, 0.3) is 0 Å². The fourth-order valence-electron chi connectivity index (χ4n) is 1.90. The van der Waals surface area contributed by atoms with Gasteiger partial charge in [0.25, 0.3) is 0 Å². The van der Waals surface area contributed by atoms with Gasteiger partial charge in [0.2, 0.25) is 0 Å². The molecule has 2 rings (SSSR count). The van der Waals surface area contributed by atoms with Crippen LogP contribution in [0.4, 0.5) is 0 Å². The molecule has 0 bridgehead atoms. The summed E-state index contributed by atoms with van der Waals surface area (Å²) in [6.07, 6.45) is 0.777. The Labute approximate surface area is 113 Å². The van der Waals surface area contributed by atoms with Crippen LogP contribution < -0.4 is 9.47 Å². The quantitative estimate of drug-likeness (QED) is 0.840. The molecule has 0 fully saturated rings. The van der Waals surface area contributed by atoms with E-state index in [0.29, 0.717) is 5.56 Å². The molecule has 0 spiro atoms. The number of benzene rings is 2. The summed E-state index contributed by atoms with van der Waals surface area (Å²) < 4.78 is 10.5. The van der Waals surface area contributed by atoms with E-state index in [1.165, 1.54) is 0 Å². The third-order valence-electron chi connectivity index (χ3n) is 2.90. The highest BCUT2D eigenvalue weighted by Gasteiger charge is 2.03. The maximum Gasteiger partial charge on any atom is 0.122 e. The summed E-state index contributed by atoms with van der Waals surface area (Å²) in [6.45, 7) is 0. The first-order valence-corrected chi connectivity index (χ1v) is 5.96. The van der Waals surface area contributed by atoms with Crippen LogP contribution in [0.15, 0.2) is 42.5 Å². The molecule has 0 heterocycles. The van der Waals surface area contributed by atoms with Gasteiger partial charge in [-0.3, -0.25) is 0 Å². The molecule has 0 amide bonds. The Balaban J connectivity index is 2.24. The molecule has 3 heteroatoms. The smallest absolute Gasteiger partial charge is 0.122 e. The number of nitriles is 1. The zero-order valence-corrected chi connectivity index (χ0v) is 11.0. The Kier molecular flexibility index (Phi) is 4.04. The van der Waals surface area contributed by atoms with E-state index in [1.54, 1.807) is 14.2 Å². The van der Waals surface area contributed by atoms with E-state index in [1.807, 2.05) is 42.5 Å². The summed E-state index contributed by atoms with van der Waals surface area (Å²) in [4.78, 5) is 0. The van der Waals surface area contributed by atoms with Gasteiger partial charge in [-0.15, -0.1) is 0 Å². The highest BCUT2D eigenvalue weighted by atomic mass is 16.5. The van der Waals surface area contributed by atoms with Gasteiger partial charge in [0.15, 0.2) is 0 Å². The van der Waals surface area contributed by atoms with Crippen LogP contribution in [-0.4, -0.2) is 14.2 Å². The molecule has 0 aromatic heterocycles. The van der Waals surface area contributed by atoms with E-state index >= 15 is 0 Å². The van der Waals surface area contributed by atoms with Gasteiger partial charge in [-0.2, -0.15) is 5.26 Å². The van der Waals surface area contributed by atoms with Crippen molar-refractivity contribution in [3.63, 3.8) is 0 Å². The zero-order valence-electron chi connectivity index (χ0n) is 11.0. The van der Waals surface area contributed by atoms with Gasteiger partial charge in [0.05, 0.1) is 25.9 Å². The van der Waals surface area contributed by atoms with Crippen molar-refractivity contribution in [1.82, 2.24) is 0 Å². The average Bonchev–Trinajstić information content (AvgIpc) is 2.47. The minimum atomic E-state index is 0.673. The molecule has 2 aromatic rings. The molecule has 2 aromatic carbocycles. The van der Waals surface area contributed by atoms with Gasteiger partial charge in [-0.25, -0.2) is 0 Å². The lowest BCUT2D eigenvalue weighted by Crippen LogP contribution is -1.93. The van der Waals surface area contributed by atoms with Crippen LogP contribution in [0, 0.1) is 11.3 Å². The summed E-state index contributed by atoms with van der Waals surface area (Å²) in [5.41, 5.74) is 2.93. The zero-order chi connectivity index (χ0) is 13.7. The number of rotatable bonds is 4. The molecule has 96 valence electrons. The van der Waals surface area contributed by atoms with E-state index in [2.05, 4.69) is 6.07 Å². The molecule has 0 N–H and O–H groups in total. The third kappa shape index (κ3) is 3.26. The Bertz CT molecular complexity index is 575. The Hall–Kier alpha value is -2.47. The van der Waals surface area contributed by atoms with Gasteiger partial charge < -0.3 is 9.47 Å². The maximum absolute atomic E-state index is 8.77. The summed E-state index contributed by atoms with van der Waals surface area (Å²) in [7, 11) is 3.28. The number of ether oxygens (including phenoxy) is 2. The lowest BCUT2D eigenvalue weighted by atomic mass is 10.0. The van der Waals surface area contributed by atoms with E-state index < -0.39 is 0 Å². The second-order valence-electron chi connectivity index (χ2n) is 4.21. The first-order valence-electron chi connectivity index (χ1n) is 5.96. The standard InChI is InChI=1S/C16H15NO2/c1-18-15-8-14(9-16(10-15)19-2)7-12-3-5-13(11-17)6-4-12/h3-6,8-10H,7H2,1-2H3. The summed E-state index contributed by atoms with van der Waals surface area (Å²) >= 11 is 0. The molecule has 0 atom stereocenters. The first kappa shape index (κ1) is 13.0. The van der Waals surface area contributed by atoms with Crippen LogP contribution >= 0.6 is 0 Å². The van der Waals surface area contributed by atoms with Crippen LogP contribution in [0.3, 0.4) is 0 Å². The van der Waals surface area contributed by atoms with Crippen LogP contribution in [0.2, 0.25) is 0 Å². The number of hydrogen-bond acceptors (Lipinski definition) is 3. The lowest BCUT2D eigenvalue weighted by molar-refractivity contribution is 0.393. The van der Waals surface area contributed by atoms with Crippen molar-refractivity contribution in [1.29, 1.82) is 5.26 Å². The second kappa shape index (κ2) is 5.92. The Morgan fingerprint density at radius 3 is 1.95 bits per heavy atom. The lowest BCUT2D eigenvalue weighted by Gasteiger charge is -2.08. The van der Waals surface area contributed by atoms with Crippen molar-refractivity contribution < 1.29 is 9.47 Å². The van der Waals surface area contributed by atoms with Crippen molar-refractivity contribution in [2.24, 2.45) is 0 Å². The first-order chi connectivity index (χ1) is 9.25. The van der Waals surface area contributed by atoms with Crippen LogP contribution in [-0.2, 0) is 6.42 Å². The molecule has 0 aliphatic carbocycles. The topological polar surface area (TPSA) is 42.2 Å². The third-order valence-corrected chi connectivity index (χ3v) is 2.90. The molecule has 0 unspecified atom stereocenters. The minimum Gasteiger partial charge on any atom is -0.497 e. The van der Waals surface area contributed by atoms with Gasteiger partial charge in [-0.05, 0) is 41.8 Å². The fourth-order valence-corrected chi connectivity index (χ4v) is 1.90. The molecule has 0 saturated carbocycles. The number of nitrogens with zero attached hydrogens (tertiary/aromatic N) is 1. The normalized spacial score (nSPS) is 9.74. The van der Waals surface area contributed by atoms with Crippen molar-refractivity contribution in [2.75, 3.05) is 14.2 Å². The van der Waals surface area contributed by atoms with Crippen molar-refractivity contribution >= 4 is 0 Å². The summed E-state index contributed by atoms with van der Waals surface area (Å²) in [6, 6.07) is 15.5. The summed E-state index contributed by atoms with van der Waals surface area (Å²) in [5.74, 6) is 1.56. The molecular formula is C16H15NO2. The Morgan fingerprint density at radius 2 is 1.47 bits per heavy atom. The number of hydrogen-bond donors (Lipinski definition) is 0. The summed E-state index contributed by atoms with van der Waals surface area (Å²) in [5, 5.41) is 8.77. The van der Waals surface area contributed by atoms with E-state index in [0.717, 1.165) is 29.0 Å². The maximum atomic E-state index is 8.77. The van der Waals surface area contributed by atoms with E-state index in [4.69, 9.17) is 14.7 Å². The van der Waals surface area contributed by atoms with Gasteiger partial charge in [0.1, 0.15) is 11.5 Å². The van der Waals surface area contributed by atoms with Gasteiger partial charge >= 0.3 is 0 Å². The molecule has 0 aliphatic rings. The molecule has 3 nitrogen and oxygen atoms in total. The van der Waals surface area contributed by atoms with Crippen LogP contribution in [0.5, 0.6) is 11.5 Å². The predicted octanol–water partition coefficient (Wildman–Crippen LogP) is 3.17. The van der Waals surface area contributed by atoms with E-state index in [-0.39, 0.29) is 0 Å².